The molecule has 1 aromatic carbocycles. The van der Waals surface area contributed by atoms with Gasteiger partial charge in [0.15, 0.2) is 0 Å². The summed E-state index contributed by atoms with van der Waals surface area (Å²) in [5.41, 5.74) is 1.07. The minimum atomic E-state index is -0.374. The fourth-order valence-electron chi connectivity index (χ4n) is 1.48. The molecule has 17 heavy (non-hydrogen) atoms. The fourth-order valence-corrected chi connectivity index (χ4v) is 2.29. The summed E-state index contributed by atoms with van der Waals surface area (Å²) in [6, 6.07) is 6.54. The molecule has 0 bridgehead atoms. The summed E-state index contributed by atoms with van der Waals surface area (Å²) in [6.45, 7) is 4.21. The Morgan fingerprint density at radius 3 is 2.94 bits per heavy atom. The van der Waals surface area contributed by atoms with Gasteiger partial charge in [-0.2, -0.15) is 17.0 Å². The molecule has 1 aromatic rings. The lowest BCUT2D eigenvalue weighted by atomic mass is 10.1. The molecule has 4 heteroatoms. The number of nitrogens with one attached hydrogen (secondary N) is 1. The van der Waals surface area contributed by atoms with Crippen molar-refractivity contribution in [3.63, 3.8) is 0 Å². The summed E-state index contributed by atoms with van der Waals surface area (Å²) in [5.74, 6) is 1.83. The monoisotopic (exact) mass is 252 g/mol. The van der Waals surface area contributed by atoms with Gasteiger partial charge >= 0.3 is 0 Å². The molecular formula is C13H17FN2S. The van der Waals surface area contributed by atoms with E-state index in [-0.39, 0.29) is 11.9 Å². The van der Waals surface area contributed by atoms with E-state index >= 15 is 0 Å². The van der Waals surface area contributed by atoms with E-state index in [1.165, 1.54) is 12.1 Å². The van der Waals surface area contributed by atoms with Crippen molar-refractivity contribution in [2.24, 2.45) is 0 Å². The minimum absolute atomic E-state index is 0.284. The average molecular weight is 252 g/mol. The van der Waals surface area contributed by atoms with Gasteiger partial charge in [0.2, 0.25) is 0 Å². The van der Waals surface area contributed by atoms with Crippen LogP contribution in [-0.4, -0.2) is 17.5 Å². The van der Waals surface area contributed by atoms with Crippen LogP contribution >= 0.6 is 11.8 Å². The quantitative estimate of drug-likeness (QED) is 0.785. The van der Waals surface area contributed by atoms with E-state index in [2.05, 4.69) is 19.2 Å². The van der Waals surface area contributed by atoms with Crippen LogP contribution in [0.25, 0.3) is 0 Å². The van der Waals surface area contributed by atoms with Crippen LogP contribution in [0.2, 0.25) is 0 Å². The number of anilines is 1. The molecule has 0 spiro atoms. The molecule has 0 saturated heterocycles. The highest BCUT2D eigenvalue weighted by Crippen LogP contribution is 2.18. The van der Waals surface area contributed by atoms with Crippen LogP contribution in [0.4, 0.5) is 10.1 Å². The number of nitriles is 1. The highest BCUT2D eigenvalue weighted by molar-refractivity contribution is 7.99. The van der Waals surface area contributed by atoms with Crippen molar-refractivity contribution in [1.29, 1.82) is 5.26 Å². The highest BCUT2D eigenvalue weighted by Gasteiger charge is 2.07. The third-order valence-electron chi connectivity index (χ3n) is 2.40. The van der Waals surface area contributed by atoms with Gasteiger partial charge in [-0.15, -0.1) is 0 Å². The molecule has 0 aliphatic rings. The molecule has 0 amide bonds. The number of halogens is 1. The molecular weight excluding hydrogens is 235 g/mol. The maximum Gasteiger partial charge on any atom is 0.124 e. The van der Waals surface area contributed by atoms with Crippen LogP contribution in [0.15, 0.2) is 18.2 Å². The first-order valence-electron chi connectivity index (χ1n) is 5.71. The second kappa shape index (κ2) is 7.18. The maximum atomic E-state index is 12.9. The van der Waals surface area contributed by atoms with Gasteiger partial charge in [0.05, 0.1) is 11.3 Å². The number of thioether (sulfide) groups is 1. The molecule has 1 N–H and O–H groups in total. The summed E-state index contributed by atoms with van der Waals surface area (Å²) < 4.78 is 12.9. The average Bonchev–Trinajstić information content (AvgIpc) is 2.32. The third-order valence-corrected chi connectivity index (χ3v) is 3.34. The molecule has 0 saturated carbocycles. The maximum absolute atomic E-state index is 12.9. The molecule has 0 fully saturated rings. The van der Waals surface area contributed by atoms with E-state index in [1.54, 1.807) is 6.07 Å². The van der Waals surface area contributed by atoms with Crippen molar-refractivity contribution in [3.05, 3.63) is 29.6 Å². The van der Waals surface area contributed by atoms with Gasteiger partial charge in [-0.1, -0.05) is 6.92 Å². The Kier molecular flexibility index (Phi) is 5.85. The molecule has 1 rings (SSSR count). The number of benzene rings is 1. The van der Waals surface area contributed by atoms with Crippen molar-refractivity contribution < 1.29 is 4.39 Å². The smallest absolute Gasteiger partial charge is 0.124 e. The topological polar surface area (TPSA) is 35.8 Å². The number of rotatable bonds is 6. The van der Waals surface area contributed by atoms with Crippen molar-refractivity contribution in [1.82, 2.24) is 0 Å². The largest absolute Gasteiger partial charge is 0.381 e. The molecule has 1 unspecified atom stereocenters. The Hall–Kier alpha value is -1.21. The Morgan fingerprint density at radius 2 is 2.29 bits per heavy atom. The van der Waals surface area contributed by atoms with Crippen molar-refractivity contribution in [2.75, 3.05) is 16.8 Å². The summed E-state index contributed by atoms with van der Waals surface area (Å²) >= 11 is 1.89. The first-order valence-corrected chi connectivity index (χ1v) is 6.86. The first-order chi connectivity index (χ1) is 8.17. The fraction of sp³-hybridized carbons (Fsp3) is 0.462. The van der Waals surface area contributed by atoms with E-state index in [0.717, 1.165) is 17.9 Å². The highest BCUT2D eigenvalue weighted by atomic mass is 32.2. The van der Waals surface area contributed by atoms with Crippen LogP contribution in [-0.2, 0) is 0 Å². The molecule has 0 radical (unpaired) electrons. The van der Waals surface area contributed by atoms with Crippen LogP contribution in [0.3, 0.4) is 0 Å². The first kappa shape index (κ1) is 13.9. The molecule has 2 nitrogen and oxygen atoms in total. The molecule has 0 aromatic heterocycles. The zero-order valence-corrected chi connectivity index (χ0v) is 11.0. The predicted molar refractivity (Wildman–Crippen MR) is 71.8 cm³/mol. The van der Waals surface area contributed by atoms with Crippen molar-refractivity contribution in [3.8, 4) is 6.07 Å². The van der Waals surface area contributed by atoms with Gasteiger partial charge in [-0.3, -0.25) is 0 Å². The molecule has 1 atom stereocenters. The zero-order chi connectivity index (χ0) is 12.7. The van der Waals surface area contributed by atoms with Gasteiger partial charge in [0, 0.05) is 6.04 Å². The van der Waals surface area contributed by atoms with Crippen molar-refractivity contribution in [2.45, 2.75) is 26.3 Å². The zero-order valence-electron chi connectivity index (χ0n) is 10.2. The summed E-state index contributed by atoms with van der Waals surface area (Å²) in [7, 11) is 0. The van der Waals surface area contributed by atoms with E-state index in [9.17, 15) is 4.39 Å². The van der Waals surface area contributed by atoms with E-state index in [4.69, 9.17) is 5.26 Å². The van der Waals surface area contributed by atoms with Crippen LogP contribution < -0.4 is 5.32 Å². The molecule has 0 heterocycles. The summed E-state index contributed by atoms with van der Waals surface area (Å²) in [6.07, 6.45) is 1.03. The third kappa shape index (κ3) is 4.66. The minimum Gasteiger partial charge on any atom is -0.381 e. The van der Waals surface area contributed by atoms with E-state index in [0.29, 0.717) is 11.3 Å². The van der Waals surface area contributed by atoms with E-state index in [1.807, 2.05) is 17.8 Å². The van der Waals surface area contributed by atoms with Crippen LogP contribution in [0.1, 0.15) is 25.8 Å². The molecule has 0 aliphatic heterocycles. The Bertz CT molecular complexity index is 401. The van der Waals surface area contributed by atoms with Gasteiger partial charge in [-0.05, 0) is 43.0 Å². The van der Waals surface area contributed by atoms with Gasteiger partial charge < -0.3 is 5.32 Å². The molecule has 0 aliphatic carbocycles. The number of hydrogen-bond acceptors (Lipinski definition) is 3. The SMILES string of the molecule is CCSCCC(C)Nc1ccc(F)cc1C#N. The second-order valence-corrected chi connectivity index (χ2v) is 5.23. The van der Waals surface area contributed by atoms with Gasteiger partial charge in [-0.25, -0.2) is 4.39 Å². The second-order valence-electron chi connectivity index (χ2n) is 3.83. The van der Waals surface area contributed by atoms with E-state index < -0.39 is 0 Å². The Balaban J connectivity index is 2.59. The number of hydrogen-bond donors (Lipinski definition) is 1. The standard InChI is InChI=1S/C13H17FN2S/c1-3-17-7-6-10(2)16-13-5-4-12(14)8-11(13)9-15/h4-5,8,10,16H,3,6-7H2,1-2H3. The van der Waals surface area contributed by atoms with Crippen LogP contribution in [0, 0.1) is 17.1 Å². The molecule has 92 valence electrons. The van der Waals surface area contributed by atoms with Gasteiger partial charge in [0.25, 0.3) is 0 Å². The summed E-state index contributed by atoms with van der Waals surface area (Å²) in [5, 5.41) is 12.2. The van der Waals surface area contributed by atoms with Crippen LogP contribution in [0.5, 0.6) is 0 Å². The normalized spacial score (nSPS) is 11.9. The lowest BCUT2D eigenvalue weighted by Crippen LogP contribution is -2.16. The van der Waals surface area contributed by atoms with Gasteiger partial charge in [0.1, 0.15) is 11.9 Å². The number of nitrogens with zero attached hydrogens (tertiary/aromatic N) is 1. The Labute approximate surface area is 106 Å². The lowest BCUT2D eigenvalue weighted by Gasteiger charge is -2.15. The summed E-state index contributed by atoms with van der Waals surface area (Å²) in [4.78, 5) is 0. The lowest BCUT2D eigenvalue weighted by molar-refractivity contribution is 0.627. The Morgan fingerprint density at radius 1 is 1.53 bits per heavy atom. The van der Waals surface area contributed by atoms with Crippen molar-refractivity contribution >= 4 is 17.4 Å². The predicted octanol–water partition coefficient (Wildman–Crippen LogP) is 3.64.